The van der Waals surface area contributed by atoms with Crippen molar-refractivity contribution in [2.45, 2.75) is 52.4 Å². The van der Waals surface area contributed by atoms with Crippen LogP contribution >= 0.6 is 0 Å². The smallest absolute Gasteiger partial charge is 0.162 e. The summed E-state index contributed by atoms with van der Waals surface area (Å²) in [4.78, 5) is 0. The molecule has 0 aliphatic carbocycles. The van der Waals surface area contributed by atoms with Gasteiger partial charge in [-0.1, -0.05) is 53.7 Å². The van der Waals surface area contributed by atoms with E-state index in [0.717, 1.165) is 5.75 Å². The molecule has 4 nitrogen and oxygen atoms in total. The maximum absolute atomic E-state index is 9.06. The Labute approximate surface area is 169 Å². The van der Waals surface area contributed by atoms with E-state index in [1.165, 1.54) is 11.1 Å². The van der Waals surface area contributed by atoms with Crippen molar-refractivity contribution in [2.75, 3.05) is 20.3 Å². The zero-order chi connectivity index (χ0) is 20.9. The Balaban J connectivity index is 2.10. The Kier molecular flexibility index (Phi) is 6.61. The quantitative estimate of drug-likeness (QED) is 0.609. The molecule has 0 saturated carbocycles. The van der Waals surface area contributed by atoms with Crippen LogP contribution in [0.1, 0.15) is 58.2 Å². The summed E-state index contributed by atoms with van der Waals surface area (Å²) in [5.41, 5.74) is 3.07. The molecule has 2 aromatic rings. The highest BCUT2D eigenvalue weighted by Gasteiger charge is 2.23. The second kappa shape index (κ2) is 8.56. The predicted molar refractivity (Wildman–Crippen MR) is 113 cm³/mol. The summed E-state index contributed by atoms with van der Waals surface area (Å²) < 4.78 is 17.1. The molecule has 0 heterocycles. The molecule has 0 radical (unpaired) electrons. The Morgan fingerprint density at radius 1 is 0.786 bits per heavy atom. The molecule has 0 aliphatic rings. The first-order valence-corrected chi connectivity index (χ1v) is 9.55. The maximum atomic E-state index is 9.06. The Morgan fingerprint density at radius 2 is 1.39 bits per heavy atom. The van der Waals surface area contributed by atoms with Crippen LogP contribution in [0.5, 0.6) is 17.2 Å². The lowest BCUT2D eigenvalue weighted by atomic mass is 9.80. The van der Waals surface area contributed by atoms with Crippen molar-refractivity contribution in [1.29, 1.82) is 5.26 Å². The van der Waals surface area contributed by atoms with Crippen molar-refractivity contribution in [3.8, 4) is 23.3 Å². The fourth-order valence-electron chi connectivity index (χ4n) is 2.87. The molecule has 4 heteroatoms. The van der Waals surface area contributed by atoms with Gasteiger partial charge in [-0.2, -0.15) is 5.26 Å². The molecule has 0 aromatic heterocycles. The van der Waals surface area contributed by atoms with Crippen LogP contribution in [0.3, 0.4) is 0 Å². The topological polar surface area (TPSA) is 51.5 Å². The molecule has 2 rings (SSSR count). The number of hydrogen-bond donors (Lipinski definition) is 0. The molecule has 0 N–H and O–H groups in total. The molecule has 0 fully saturated rings. The first-order valence-electron chi connectivity index (χ1n) is 9.55. The minimum absolute atomic E-state index is 0.0260. The van der Waals surface area contributed by atoms with E-state index in [-0.39, 0.29) is 10.8 Å². The van der Waals surface area contributed by atoms with Gasteiger partial charge < -0.3 is 14.2 Å². The van der Waals surface area contributed by atoms with Crippen LogP contribution in [-0.4, -0.2) is 20.3 Å². The molecule has 28 heavy (non-hydrogen) atoms. The number of hydrogen-bond acceptors (Lipinski definition) is 4. The molecule has 0 atom stereocenters. The minimum atomic E-state index is -0.0260. The molecule has 0 amide bonds. The van der Waals surface area contributed by atoms with E-state index in [1.807, 2.05) is 0 Å². The van der Waals surface area contributed by atoms with E-state index >= 15 is 0 Å². The van der Waals surface area contributed by atoms with Gasteiger partial charge in [-0.05, 0) is 40.2 Å². The number of methoxy groups -OCH3 is 1. The van der Waals surface area contributed by atoms with Gasteiger partial charge >= 0.3 is 0 Å². The summed E-state index contributed by atoms with van der Waals surface area (Å²) in [7, 11) is 1.58. The number of benzene rings is 2. The van der Waals surface area contributed by atoms with Gasteiger partial charge in [0.1, 0.15) is 19.0 Å². The first-order chi connectivity index (χ1) is 13.1. The van der Waals surface area contributed by atoms with E-state index in [2.05, 4.69) is 65.8 Å². The van der Waals surface area contributed by atoms with Crippen molar-refractivity contribution in [2.24, 2.45) is 0 Å². The number of ether oxygens (including phenoxy) is 3. The third-order valence-corrected chi connectivity index (χ3v) is 4.54. The van der Waals surface area contributed by atoms with E-state index < -0.39 is 0 Å². The van der Waals surface area contributed by atoms with Crippen LogP contribution in [0.15, 0.2) is 36.4 Å². The SMILES string of the molecule is COc1ccc(C#N)cc1OCCOc1ccc(C(C)(C)C)cc1C(C)(C)C. The highest BCUT2D eigenvalue weighted by Crippen LogP contribution is 2.35. The minimum Gasteiger partial charge on any atom is -0.493 e. The third-order valence-electron chi connectivity index (χ3n) is 4.54. The summed E-state index contributed by atoms with van der Waals surface area (Å²) in [5, 5.41) is 9.06. The standard InChI is InChI=1S/C24H31NO3/c1-23(2,3)18-9-11-20(19(15-18)24(4,5)6)27-12-13-28-22-14-17(16-25)8-10-21(22)26-7/h8-11,14-15H,12-13H2,1-7H3. The van der Waals surface area contributed by atoms with Gasteiger partial charge in [0.15, 0.2) is 11.5 Å². The van der Waals surface area contributed by atoms with Gasteiger partial charge in [0.25, 0.3) is 0 Å². The molecular formula is C24H31NO3. The monoisotopic (exact) mass is 381 g/mol. The highest BCUT2D eigenvalue weighted by molar-refractivity contribution is 5.47. The largest absolute Gasteiger partial charge is 0.493 e. The van der Waals surface area contributed by atoms with Crippen molar-refractivity contribution >= 4 is 0 Å². The number of nitrogens with zero attached hydrogens (tertiary/aromatic N) is 1. The molecule has 0 spiro atoms. The summed E-state index contributed by atoms with van der Waals surface area (Å²) in [6.07, 6.45) is 0. The lowest BCUT2D eigenvalue weighted by Crippen LogP contribution is -2.19. The fourth-order valence-corrected chi connectivity index (χ4v) is 2.87. The fraction of sp³-hybridized carbons (Fsp3) is 0.458. The van der Waals surface area contributed by atoms with Crippen molar-refractivity contribution in [3.05, 3.63) is 53.1 Å². The Hall–Kier alpha value is -2.67. The van der Waals surface area contributed by atoms with Gasteiger partial charge in [0.2, 0.25) is 0 Å². The molecule has 2 aromatic carbocycles. The summed E-state index contributed by atoms with van der Waals surface area (Å²) in [6, 6.07) is 13.7. The second-order valence-electron chi connectivity index (χ2n) is 8.89. The molecule has 0 aliphatic heterocycles. The third kappa shape index (κ3) is 5.42. The molecule has 150 valence electrons. The number of rotatable bonds is 6. The molecule has 0 saturated heterocycles. The van der Waals surface area contributed by atoms with Gasteiger partial charge in [-0.15, -0.1) is 0 Å². The normalized spacial score (nSPS) is 11.6. The Bertz CT molecular complexity index is 852. The number of nitriles is 1. The summed E-state index contributed by atoms with van der Waals surface area (Å²) in [5.74, 6) is 2.02. The van der Waals surface area contributed by atoms with Gasteiger partial charge in [-0.3, -0.25) is 0 Å². The lowest BCUT2D eigenvalue weighted by molar-refractivity contribution is 0.208. The second-order valence-corrected chi connectivity index (χ2v) is 8.89. The van der Waals surface area contributed by atoms with Crippen LogP contribution in [0.25, 0.3) is 0 Å². The maximum Gasteiger partial charge on any atom is 0.162 e. The Morgan fingerprint density at radius 3 is 1.93 bits per heavy atom. The summed E-state index contributed by atoms with van der Waals surface area (Å²) >= 11 is 0. The van der Waals surface area contributed by atoms with Crippen LogP contribution in [0.4, 0.5) is 0 Å². The molecule has 0 bridgehead atoms. The zero-order valence-electron chi connectivity index (χ0n) is 18.1. The lowest BCUT2D eigenvalue weighted by Gasteiger charge is -2.27. The van der Waals surface area contributed by atoms with Crippen molar-refractivity contribution in [3.63, 3.8) is 0 Å². The van der Waals surface area contributed by atoms with Gasteiger partial charge in [0.05, 0.1) is 18.7 Å². The highest BCUT2D eigenvalue weighted by atomic mass is 16.5. The van der Waals surface area contributed by atoms with Crippen LogP contribution in [0, 0.1) is 11.3 Å². The van der Waals surface area contributed by atoms with E-state index in [0.29, 0.717) is 30.3 Å². The summed E-state index contributed by atoms with van der Waals surface area (Å²) in [6.45, 7) is 14.0. The van der Waals surface area contributed by atoms with Crippen LogP contribution in [-0.2, 0) is 10.8 Å². The predicted octanol–water partition coefficient (Wildman–Crippen LogP) is 5.62. The van der Waals surface area contributed by atoms with Gasteiger partial charge in [0, 0.05) is 6.07 Å². The zero-order valence-corrected chi connectivity index (χ0v) is 18.1. The average Bonchev–Trinajstić information content (AvgIpc) is 2.63. The van der Waals surface area contributed by atoms with E-state index in [1.54, 1.807) is 25.3 Å². The first kappa shape index (κ1) is 21.6. The molecular weight excluding hydrogens is 350 g/mol. The van der Waals surface area contributed by atoms with Gasteiger partial charge in [-0.25, -0.2) is 0 Å². The molecule has 0 unspecified atom stereocenters. The van der Waals surface area contributed by atoms with Crippen molar-refractivity contribution < 1.29 is 14.2 Å². The van der Waals surface area contributed by atoms with Crippen molar-refractivity contribution in [1.82, 2.24) is 0 Å². The van der Waals surface area contributed by atoms with E-state index in [9.17, 15) is 0 Å². The van der Waals surface area contributed by atoms with Crippen LogP contribution in [0.2, 0.25) is 0 Å². The van der Waals surface area contributed by atoms with Crippen LogP contribution < -0.4 is 14.2 Å². The average molecular weight is 382 g/mol. The van der Waals surface area contributed by atoms with E-state index in [4.69, 9.17) is 19.5 Å².